The Labute approximate surface area is 89.8 Å². The Balaban J connectivity index is 2.23. The van der Waals surface area contributed by atoms with Crippen LogP contribution in [0.1, 0.15) is 43.5 Å². The van der Waals surface area contributed by atoms with Crippen LogP contribution in [0, 0.1) is 0 Å². The number of thiazole rings is 1. The zero-order valence-corrected chi connectivity index (χ0v) is 9.57. The Morgan fingerprint density at radius 1 is 1.29 bits per heavy atom. The van der Waals surface area contributed by atoms with Gasteiger partial charge in [-0.25, -0.2) is 4.98 Å². The van der Waals surface area contributed by atoms with E-state index in [9.17, 15) is 0 Å². The van der Waals surface area contributed by atoms with Gasteiger partial charge in [0.2, 0.25) is 0 Å². The van der Waals surface area contributed by atoms with Crippen LogP contribution in [0.15, 0.2) is 11.6 Å². The van der Waals surface area contributed by atoms with Gasteiger partial charge in [-0.05, 0) is 19.9 Å². The Morgan fingerprint density at radius 2 is 2.00 bits per heavy atom. The molecule has 0 spiro atoms. The molecule has 0 aliphatic heterocycles. The number of hydrogen-bond acceptors (Lipinski definition) is 3. The van der Waals surface area contributed by atoms with Crippen LogP contribution >= 0.6 is 11.3 Å². The van der Waals surface area contributed by atoms with Crippen LogP contribution in [-0.4, -0.2) is 12.0 Å². The van der Waals surface area contributed by atoms with E-state index in [-0.39, 0.29) is 5.54 Å². The summed E-state index contributed by atoms with van der Waals surface area (Å²) in [6.07, 6.45) is 9.85. The van der Waals surface area contributed by atoms with E-state index in [1.165, 1.54) is 43.5 Å². The predicted octanol–water partition coefficient (Wildman–Crippen LogP) is 2.91. The molecule has 1 aliphatic carbocycles. The molecule has 0 bridgehead atoms. The van der Waals surface area contributed by atoms with E-state index >= 15 is 0 Å². The van der Waals surface area contributed by atoms with Crippen molar-refractivity contribution in [1.82, 2.24) is 10.3 Å². The van der Waals surface area contributed by atoms with E-state index in [2.05, 4.69) is 22.7 Å². The highest BCUT2D eigenvalue weighted by atomic mass is 32.1. The van der Waals surface area contributed by atoms with Gasteiger partial charge in [0.25, 0.3) is 0 Å². The van der Waals surface area contributed by atoms with E-state index in [4.69, 9.17) is 0 Å². The molecule has 2 nitrogen and oxygen atoms in total. The first-order chi connectivity index (χ1) is 6.87. The minimum atomic E-state index is 0.185. The van der Waals surface area contributed by atoms with Gasteiger partial charge >= 0.3 is 0 Å². The van der Waals surface area contributed by atoms with Gasteiger partial charge in [0.15, 0.2) is 0 Å². The largest absolute Gasteiger partial charge is 0.308 e. The molecular weight excluding hydrogens is 192 g/mol. The van der Waals surface area contributed by atoms with Gasteiger partial charge in [-0.1, -0.05) is 25.7 Å². The highest BCUT2D eigenvalue weighted by molar-refractivity contribution is 7.09. The van der Waals surface area contributed by atoms with Crippen molar-refractivity contribution in [3.63, 3.8) is 0 Å². The maximum absolute atomic E-state index is 4.48. The quantitative estimate of drug-likeness (QED) is 0.759. The minimum Gasteiger partial charge on any atom is -0.308 e. The zero-order valence-electron chi connectivity index (χ0n) is 8.75. The van der Waals surface area contributed by atoms with Crippen LogP contribution in [0.25, 0.3) is 0 Å². The lowest BCUT2D eigenvalue weighted by molar-refractivity contribution is 0.312. The summed E-state index contributed by atoms with van der Waals surface area (Å²) >= 11 is 1.79. The monoisotopic (exact) mass is 210 g/mol. The van der Waals surface area contributed by atoms with Gasteiger partial charge in [-0.15, -0.1) is 11.3 Å². The first-order valence-electron chi connectivity index (χ1n) is 5.46. The molecule has 78 valence electrons. The molecule has 1 N–H and O–H groups in total. The lowest BCUT2D eigenvalue weighted by atomic mass is 9.91. The molecule has 1 saturated carbocycles. The van der Waals surface area contributed by atoms with Crippen LogP contribution in [0.3, 0.4) is 0 Å². The highest BCUT2D eigenvalue weighted by Gasteiger charge is 2.33. The summed E-state index contributed by atoms with van der Waals surface area (Å²) < 4.78 is 0. The standard InChI is InChI=1S/C11H18N2S/c1-12-11(10-13-8-9-14-10)6-4-2-3-5-7-11/h8-9,12H,2-7H2,1H3. The molecule has 0 radical (unpaired) electrons. The Morgan fingerprint density at radius 3 is 2.50 bits per heavy atom. The summed E-state index contributed by atoms with van der Waals surface area (Å²) in [5, 5.41) is 6.87. The SMILES string of the molecule is CNC1(c2nccs2)CCCCCC1. The van der Waals surface area contributed by atoms with Crippen molar-refractivity contribution in [2.75, 3.05) is 7.05 Å². The molecule has 0 atom stereocenters. The van der Waals surface area contributed by atoms with E-state index < -0.39 is 0 Å². The third-order valence-corrected chi connectivity index (χ3v) is 4.25. The van der Waals surface area contributed by atoms with Crippen molar-refractivity contribution in [1.29, 1.82) is 0 Å². The molecule has 0 aromatic carbocycles. The van der Waals surface area contributed by atoms with Crippen molar-refractivity contribution >= 4 is 11.3 Å². The van der Waals surface area contributed by atoms with Gasteiger partial charge in [-0.3, -0.25) is 0 Å². The molecule has 0 saturated heterocycles. The maximum atomic E-state index is 4.48. The molecule has 2 rings (SSSR count). The highest BCUT2D eigenvalue weighted by Crippen LogP contribution is 2.36. The van der Waals surface area contributed by atoms with Crippen molar-refractivity contribution < 1.29 is 0 Å². The predicted molar refractivity (Wildman–Crippen MR) is 60.6 cm³/mol. The van der Waals surface area contributed by atoms with Gasteiger partial charge in [-0.2, -0.15) is 0 Å². The van der Waals surface area contributed by atoms with E-state index in [0.29, 0.717) is 0 Å². The number of aromatic nitrogens is 1. The second-order valence-corrected chi connectivity index (χ2v) is 4.98. The minimum absolute atomic E-state index is 0.185. The summed E-state index contributed by atoms with van der Waals surface area (Å²) in [6, 6.07) is 0. The van der Waals surface area contributed by atoms with Crippen LogP contribution in [-0.2, 0) is 5.54 Å². The maximum Gasteiger partial charge on any atom is 0.113 e. The Bertz CT molecular complexity index is 261. The van der Waals surface area contributed by atoms with Crippen LogP contribution in [0.4, 0.5) is 0 Å². The Hall–Kier alpha value is -0.410. The molecule has 3 heteroatoms. The zero-order chi connectivity index (χ0) is 9.86. The lowest BCUT2D eigenvalue weighted by Crippen LogP contribution is -2.39. The van der Waals surface area contributed by atoms with Crippen molar-refractivity contribution in [2.45, 2.75) is 44.1 Å². The van der Waals surface area contributed by atoms with Gasteiger partial charge in [0.05, 0.1) is 5.54 Å². The smallest absolute Gasteiger partial charge is 0.113 e. The Kier molecular flexibility index (Phi) is 3.19. The summed E-state index contributed by atoms with van der Waals surface area (Å²) in [4.78, 5) is 4.48. The molecule has 1 fully saturated rings. The van der Waals surface area contributed by atoms with Crippen LogP contribution in [0.5, 0.6) is 0 Å². The molecule has 1 heterocycles. The first kappa shape index (κ1) is 10.1. The summed E-state index contributed by atoms with van der Waals surface area (Å²) in [7, 11) is 2.08. The summed E-state index contributed by atoms with van der Waals surface area (Å²) in [5.41, 5.74) is 0.185. The third kappa shape index (κ3) is 1.84. The number of hydrogen-bond donors (Lipinski definition) is 1. The molecular formula is C11H18N2S. The average Bonchev–Trinajstić information content (AvgIpc) is 2.64. The van der Waals surface area contributed by atoms with Crippen molar-refractivity contribution in [3.8, 4) is 0 Å². The van der Waals surface area contributed by atoms with Gasteiger partial charge < -0.3 is 5.32 Å². The van der Waals surface area contributed by atoms with Gasteiger partial charge in [0, 0.05) is 11.6 Å². The van der Waals surface area contributed by atoms with Crippen molar-refractivity contribution in [2.24, 2.45) is 0 Å². The van der Waals surface area contributed by atoms with Crippen molar-refractivity contribution in [3.05, 3.63) is 16.6 Å². The van der Waals surface area contributed by atoms with E-state index in [1.807, 2.05) is 6.20 Å². The third-order valence-electron chi connectivity index (χ3n) is 3.28. The lowest BCUT2D eigenvalue weighted by Gasteiger charge is -2.30. The summed E-state index contributed by atoms with van der Waals surface area (Å²) in [5.74, 6) is 0. The molecule has 1 aromatic rings. The number of nitrogens with zero attached hydrogens (tertiary/aromatic N) is 1. The van der Waals surface area contributed by atoms with E-state index in [1.54, 1.807) is 11.3 Å². The fourth-order valence-electron chi connectivity index (χ4n) is 2.36. The molecule has 0 amide bonds. The van der Waals surface area contributed by atoms with E-state index in [0.717, 1.165) is 0 Å². The average molecular weight is 210 g/mol. The van der Waals surface area contributed by atoms with Gasteiger partial charge in [0.1, 0.15) is 5.01 Å². The first-order valence-corrected chi connectivity index (χ1v) is 6.34. The fraction of sp³-hybridized carbons (Fsp3) is 0.727. The summed E-state index contributed by atoms with van der Waals surface area (Å²) in [6.45, 7) is 0. The second kappa shape index (κ2) is 4.41. The number of nitrogens with one attached hydrogen (secondary N) is 1. The molecule has 1 aromatic heterocycles. The second-order valence-electron chi connectivity index (χ2n) is 4.08. The topological polar surface area (TPSA) is 24.9 Å². The molecule has 14 heavy (non-hydrogen) atoms. The van der Waals surface area contributed by atoms with Crippen LogP contribution in [0.2, 0.25) is 0 Å². The van der Waals surface area contributed by atoms with Crippen LogP contribution < -0.4 is 5.32 Å². The number of rotatable bonds is 2. The normalized spacial score (nSPS) is 21.8. The molecule has 0 unspecified atom stereocenters. The molecule has 1 aliphatic rings. The fourth-order valence-corrected chi connectivity index (χ4v) is 3.27.